The molecule has 358 valence electrons. The lowest BCUT2D eigenvalue weighted by molar-refractivity contribution is -0.358. The topological polar surface area (TPSA) is 395 Å². The molecular weight excluding hydrogens is 888 g/mol. The maximum Gasteiger partial charge on any atom is 0.336 e. The number of aliphatic hydroxyl groups is 10. The van der Waals surface area contributed by atoms with Crippen molar-refractivity contribution in [3.63, 3.8) is 0 Å². The van der Waals surface area contributed by atoms with Gasteiger partial charge in [-0.2, -0.15) is 0 Å². The Morgan fingerprint density at radius 2 is 1.29 bits per heavy atom. The minimum atomic E-state index is -2.11. The minimum absolute atomic E-state index is 0.221. The molecule has 66 heavy (non-hydrogen) atoms. The second-order valence-corrected chi connectivity index (χ2v) is 15.5. The predicted molar refractivity (Wildman–Crippen MR) is 216 cm³/mol. The van der Waals surface area contributed by atoms with Gasteiger partial charge in [0.1, 0.15) is 83.5 Å². The highest BCUT2D eigenvalue weighted by Crippen LogP contribution is 2.41. The molecule has 3 saturated heterocycles. The summed E-state index contributed by atoms with van der Waals surface area (Å²) in [5, 5.41) is 145. The van der Waals surface area contributed by atoms with Gasteiger partial charge >= 0.3 is 5.97 Å². The van der Waals surface area contributed by atoms with Crippen LogP contribution in [-0.2, 0) is 23.7 Å². The fraction of sp³-hybridized carbons (Fsp3) is 0.429. The molecule has 0 saturated carbocycles. The molecule has 24 heteroatoms. The summed E-state index contributed by atoms with van der Waals surface area (Å²) in [4.78, 5) is 27.5. The van der Waals surface area contributed by atoms with Crippen LogP contribution in [0.4, 0.5) is 0 Å². The Kier molecular flexibility index (Phi) is 14.4. The smallest absolute Gasteiger partial charge is 0.336 e. The third-order valence-electron chi connectivity index (χ3n) is 11.0. The maximum absolute atomic E-state index is 14.6. The van der Waals surface area contributed by atoms with Crippen LogP contribution in [0.1, 0.15) is 12.5 Å². The zero-order chi connectivity index (χ0) is 47.9. The summed E-state index contributed by atoms with van der Waals surface area (Å²) in [6, 6.07) is 8.80. The molecule has 0 radical (unpaired) electrons. The Labute approximate surface area is 370 Å². The van der Waals surface area contributed by atoms with Crippen LogP contribution >= 0.6 is 0 Å². The third-order valence-corrected chi connectivity index (χ3v) is 11.0. The molecule has 7 rings (SSSR count). The average molecular weight is 935 g/mol. The molecule has 4 heterocycles. The summed E-state index contributed by atoms with van der Waals surface area (Å²) in [6.45, 7) is -0.459. The fourth-order valence-corrected chi connectivity index (χ4v) is 7.30. The van der Waals surface area contributed by atoms with Crippen molar-refractivity contribution in [2.45, 2.75) is 99.0 Å². The van der Waals surface area contributed by atoms with Crippen LogP contribution in [0.25, 0.3) is 28.4 Å². The highest BCUT2D eigenvalue weighted by Gasteiger charge is 2.52. The molecule has 24 nitrogen and oxygen atoms in total. The van der Waals surface area contributed by atoms with Crippen LogP contribution in [-0.4, -0.2) is 183 Å². The van der Waals surface area contributed by atoms with E-state index >= 15 is 0 Å². The first-order valence-electron chi connectivity index (χ1n) is 20.0. The Morgan fingerprint density at radius 3 is 1.97 bits per heavy atom. The number of aliphatic hydroxyl groups excluding tert-OH is 10. The SMILES string of the molecule is CC1OC(Oc2cc(O)c3c(=O)c(O[C@@H]4OC(CO)[C@@H](O)[C@H](O)C4O[C@@H]4OC(CO)[C@@H](O)[C@H](O)C4O)c(-c4ccc(O)c(OC(=O)/C=C/c5ccc(O)c(O)c5)c4)oc3c2)C(O)C(O)C1O. The Hall–Kier alpha value is -5.68. The first-order chi connectivity index (χ1) is 31.3. The zero-order valence-corrected chi connectivity index (χ0v) is 34.2. The number of ether oxygens (including phenoxy) is 7. The van der Waals surface area contributed by atoms with E-state index in [1.165, 1.54) is 25.1 Å². The van der Waals surface area contributed by atoms with Crippen LogP contribution < -0.4 is 19.6 Å². The van der Waals surface area contributed by atoms with E-state index < -0.39 is 168 Å². The maximum atomic E-state index is 14.6. The summed E-state index contributed by atoms with van der Waals surface area (Å²) in [7, 11) is 0. The molecule has 0 bridgehead atoms. The number of phenols is 4. The molecule has 3 aliphatic rings. The van der Waals surface area contributed by atoms with E-state index in [4.69, 9.17) is 37.6 Å². The van der Waals surface area contributed by atoms with Gasteiger partial charge in [-0.3, -0.25) is 4.79 Å². The van der Waals surface area contributed by atoms with Crippen molar-refractivity contribution in [3.05, 3.63) is 70.4 Å². The number of phenolic OH excluding ortho intramolecular Hbond substituents is 4. The average Bonchev–Trinajstić information content (AvgIpc) is 3.28. The van der Waals surface area contributed by atoms with E-state index in [1.54, 1.807) is 0 Å². The summed E-state index contributed by atoms with van der Waals surface area (Å²) < 4.78 is 45.5. The standard InChI is InChI=1S/C42H46O24/c1-14-28(50)32(54)35(57)40(59-14)60-17-10-21(48)27-23(11-17)62-37(16-4-6-19(46)22(9-16)61-26(49)7-3-15-2-5-18(45)20(47)8-15)38(31(27)53)65-42-39(34(56)30(52)25(13-44)64-42)66-41-36(58)33(55)29(51)24(12-43)63-41/h2-11,14,24-25,28-30,32-36,39-48,50-52,54-58H,12-13H2,1H3/b7-3+/t14?,24?,25?,28?,29-,30-,32?,33+,34+,35?,36?,39?,40?,41+,42+/m1/s1. The molecular formula is C42H46O24. The second-order valence-electron chi connectivity index (χ2n) is 15.5. The Morgan fingerprint density at radius 1 is 0.652 bits per heavy atom. The fourth-order valence-electron chi connectivity index (χ4n) is 7.30. The zero-order valence-electron chi connectivity index (χ0n) is 34.2. The van der Waals surface area contributed by atoms with Gasteiger partial charge in [0.2, 0.25) is 23.8 Å². The van der Waals surface area contributed by atoms with Crippen LogP contribution in [0.3, 0.4) is 0 Å². The lowest BCUT2D eigenvalue weighted by Gasteiger charge is -2.45. The van der Waals surface area contributed by atoms with Crippen molar-refractivity contribution in [2.75, 3.05) is 13.2 Å². The number of hydrogen-bond donors (Lipinski definition) is 14. The second kappa shape index (κ2) is 19.7. The number of carbonyl (C=O) groups is 1. The van der Waals surface area contributed by atoms with Crippen molar-refractivity contribution in [1.82, 2.24) is 0 Å². The highest BCUT2D eigenvalue weighted by atomic mass is 16.8. The van der Waals surface area contributed by atoms with Crippen LogP contribution in [0.15, 0.2) is 63.8 Å². The first-order valence-corrected chi connectivity index (χ1v) is 20.0. The molecule has 3 aliphatic heterocycles. The molecule has 0 amide bonds. The Bertz CT molecular complexity index is 2470. The van der Waals surface area contributed by atoms with Crippen molar-refractivity contribution < 1.29 is 114 Å². The lowest BCUT2D eigenvalue weighted by atomic mass is 9.97. The molecule has 4 aromatic rings. The molecule has 14 N–H and O–H groups in total. The number of rotatable bonds is 12. The predicted octanol–water partition coefficient (Wildman–Crippen LogP) is -2.89. The molecule has 9 unspecified atom stereocenters. The molecule has 15 atom stereocenters. The molecule has 3 aromatic carbocycles. The van der Waals surface area contributed by atoms with Gasteiger partial charge in [0, 0.05) is 23.8 Å². The van der Waals surface area contributed by atoms with E-state index in [0.717, 1.165) is 42.5 Å². The lowest BCUT2D eigenvalue weighted by Crippen LogP contribution is -2.65. The molecule has 0 spiro atoms. The number of carbonyl (C=O) groups excluding carboxylic acids is 1. The Balaban J connectivity index is 1.31. The van der Waals surface area contributed by atoms with Crippen molar-refractivity contribution in [1.29, 1.82) is 0 Å². The third kappa shape index (κ3) is 9.59. The van der Waals surface area contributed by atoms with E-state index in [1.807, 2.05) is 0 Å². The van der Waals surface area contributed by atoms with Crippen LogP contribution in [0.2, 0.25) is 0 Å². The van der Waals surface area contributed by atoms with Gasteiger partial charge in [0.25, 0.3) is 0 Å². The number of benzene rings is 3. The quantitative estimate of drug-likeness (QED) is 0.0293. The van der Waals surface area contributed by atoms with E-state index in [2.05, 4.69) is 0 Å². The summed E-state index contributed by atoms with van der Waals surface area (Å²) >= 11 is 0. The highest BCUT2D eigenvalue weighted by molar-refractivity contribution is 5.90. The van der Waals surface area contributed by atoms with Gasteiger partial charge in [-0.15, -0.1) is 0 Å². The monoisotopic (exact) mass is 934 g/mol. The molecule has 3 fully saturated rings. The number of hydrogen-bond acceptors (Lipinski definition) is 24. The summed E-state index contributed by atoms with van der Waals surface area (Å²) in [6.07, 6.45) is -24.7. The van der Waals surface area contributed by atoms with Crippen molar-refractivity contribution in [2.24, 2.45) is 0 Å². The summed E-state index contributed by atoms with van der Waals surface area (Å²) in [5.41, 5.74) is -1.63. The normalized spacial score (nSPS) is 32.6. The van der Waals surface area contributed by atoms with Gasteiger partial charge in [-0.1, -0.05) is 6.07 Å². The number of fused-ring (bicyclic) bond motifs is 1. The van der Waals surface area contributed by atoms with E-state index in [-0.39, 0.29) is 16.9 Å². The van der Waals surface area contributed by atoms with Gasteiger partial charge in [-0.05, 0) is 48.9 Å². The van der Waals surface area contributed by atoms with Gasteiger partial charge in [0.05, 0.1) is 19.3 Å². The summed E-state index contributed by atoms with van der Waals surface area (Å²) in [5.74, 6) is -5.79. The van der Waals surface area contributed by atoms with Gasteiger partial charge in [-0.25, -0.2) is 4.79 Å². The number of aromatic hydroxyl groups is 4. The van der Waals surface area contributed by atoms with E-state index in [0.29, 0.717) is 0 Å². The van der Waals surface area contributed by atoms with Gasteiger partial charge < -0.3 is 109 Å². The minimum Gasteiger partial charge on any atom is -0.507 e. The largest absolute Gasteiger partial charge is 0.507 e. The van der Waals surface area contributed by atoms with Gasteiger partial charge in [0.15, 0.2) is 41.2 Å². The van der Waals surface area contributed by atoms with E-state index in [9.17, 15) is 81.1 Å². The van der Waals surface area contributed by atoms with Crippen molar-refractivity contribution in [3.8, 4) is 51.6 Å². The molecule has 1 aromatic heterocycles. The van der Waals surface area contributed by atoms with Crippen LogP contribution in [0.5, 0.6) is 40.2 Å². The first kappa shape index (κ1) is 48.3. The van der Waals surface area contributed by atoms with Crippen molar-refractivity contribution >= 4 is 23.0 Å². The van der Waals surface area contributed by atoms with Crippen LogP contribution in [0, 0.1) is 0 Å². The number of esters is 1. The molecule has 0 aliphatic carbocycles.